The summed E-state index contributed by atoms with van der Waals surface area (Å²) in [5.74, 6) is 0. The number of halogens is 1. The summed E-state index contributed by atoms with van der Waals surface area (Å²) in [6.07, 6.45) is 6.44. The number of rotatable bonds is 5. The third kappa shape index (κ3) is 4.22. The topological polar surface area (TPSA) is 18.5 Å². The molecule has 0 unspecified atom stereocenters. The highest BCUT2D eigenvalue weighted by Crippen LogP contribution is 2.70. The van der Waals surface area contributed by atoms with Crippen molar-refractivity contribution < 1.29 is 8.85 Å². The Morgan fingerprint density at radius 1 is 1.03 bits per heavy atom. The summed E-state index contributed by atoms with van der Waals surface area (Å²) in [6.45, 7) is 32.9. The fourth-order valence-electron chi connectivity index (χ4n) is 6.19. The van der Waals surface area contributed by atoms with E-state index in [1.54, 1.807) is 5.54 Å². The number of fused-ring (bicyclic) bond motifs is 1. The molecular weight excluding hydrogens is 436 g/mol. The van der Waals surface area contributed by atoms with Crippen molar-refractivity contribution in [1.82, 2.24) is 0 Å². The lowest BCUT2D eigenvalue weighted by Crippen LogP contribution is -2.73. The lowest BCUT2D eigenvalue weighted by molar-refractivity contribution is -0.245. The first-order valence-electron chi connectivity index (χ1n) is 12.0. The predicted octanol–water partition coefficient (Wildman–Crippen LogP) is 8.90. The summed E-state index contributed by atoms with van der Waals surface area (Å²) >= 11 is 6.23. The van der Waals surface area contributed by atoms with Gasteiger partial charge in [-0.25, -0.2) is 0 Å². The molecule has 2 aliphatic rings. The van der Waals surface area contributed by atoms with Crippen LogP contribution in [0.25, 0.3) is 0 Å². The zero-order valence-corrected chi connectivity index (χ0v) is 25.2. The Balaban J connectivity index is 2.70. The average Bonchev–Trinajstić information content (AvgIpc) is 2.56. The van der Waals surface area contributed by atoms with E-state index in [0.29, 0.717) is 0 Å². The molecule has 0 radical (unpaired) electrons. The fourth-order valence-corrected chi connectivity index (χ4v) is 9.56. The van der Waals surface area contributed by atoms with Gasteiger partial charge in [0.05, 0.1) is 11.7 Å². The van der Waals surface area contributed by atoms with Crippen molar-refractivity contribution in [2.75, 3.05) is 0 Å². The van der Waals surface area contributed by atoms with E-state index in [4.69, 9.17) is 20.5 Å². The monoisotopic (exact) mass is 484 g/mol. The van der Waals surface area contributed by atoms with Gasteiger partial charge in [0.15, 0.2) is 16.6 Å². The molecule has 180 valence electrons. The molecule has 0 N–H and O–H groups in total. The van der Waals surface area contributed by atoms with Gasteiger partial charge in [0.1, 0.15) is 0 Å². The summed E-state index contributed by atoms with van der Waals surface area (Å²) < 4.78 is 14.5. The quantitative estimate of drug-likeness (QED) is 0.286. The smallest absolute Gasteiger partial charge is 0.192 e. The van der Waals surface area contributed by atoms with Gasteiger partial charge in [-0.3, -0.25) is 0 Å². The van der Waals surface area contributed by atoms with E-state index < -0.39 is 16.6 Å². The molecule has 0 aromatic heterocycles. The standard InChI is InChI=1S/C26H49ClO2Si2/c1-20-14-17-26(29-30(9,10)11)23(5,6)21(28-31(12,13)22(2,3)4)15-16-25(26,8)24(20,7)18-19-27/h18-19,21H,1,14-17H2,2-13H3/b19-18+/t21-,24-,25+,26+/m0/s1. The van der Waals surface area contributed by atoms with Gasteiger partial charge in [-0.1, -0.05) is 78.3 Å². The summed E-state index contributed by atoms with van der Waals surface area (Å²) in [5.41, 5.74) is 2.26. The molecule has 2 rings (SSSR count). The van der Waals surface area contributed by atoms with E-state index in [9.17, 15) is 0 Å². The van der Waals surface area contributed by atoms with E-state index in [1.807, 2.05) is 0 Å². The van der Waals surface area contributed by atoms with E-state index >= 15 is 0 Å². The molecule has 0 bridgehead atoms. The molecule has 0 spiro atoms. The summed E-state index contributed by atoms with van der Waals surface area (Å²) in [6, 6.07) is 0. The Labute approximate surface area is 200 Å². The van der Waals surface area contributed by atoms with Crippen LogP contribution in [0.2, 0.25) is 37.8 Å². The SMILES string of the molecule is C=C1CC[C@@]2(O[Si](C)(C)C)C(C)(C)[C@@H](O[Si](C)(C)C(C)(C)C)CC[C@]2(C)[C@@]1(C)/C=C/Cl. The lowest BCUT2D eigenvalue weighted by atomic mass is 9.40. The maximum absolute atomic E-state index is 7.37. The van der Waals surface area contributed by atoms with Crippen molar-refractivity contribution in [3.05, 3.63) is 23.8 Å². The van der Waals surface area contributed by atoms with Crippen molar-refractivity contribution in [1.29, 1.82) is 0 Å². The maximum atomic E-state index is 7.37. The van der Waals surface area contributed by atoms with Crippen LogP contribution in [0.3, 0.4) is 0 Å². The van der Waals surface area contributed by atoms with E-state index in [0.717, 1.165) is 25.7 Å². The van der Waals surface area contributed by atoms with Crippen molar-refractivity contribution >= 4 is 28.2 Å². The third-order valence-corrected chi connectivity index (χ3v) is 15.0. The number of allylic oxidation sites excluding steroid dienone is 2. The minimum absolute atomic E-state index is 0.0994. The Kier molecular flexibility index (Phi) is 7.16. The van der Waals surface area contributed by atoms with Crippen LogP contribution < -0.4 is 0 Å². The van der Waals surface area contributed by atoms with Crippen LogP contribution in [-0.4, -0.2) is 28.3 Å². The van der Waals surface area contributed by atoms with Crippen molar-refractivity contribution in [3.8, 4) is 0 Å². The summed E-state index contributed by atoms with van der Waals surface area (Å²) in [4.78, 5) is 0. The first kappa shape index (κ1) is 27.4. The van der Waals surface area contributed by atoms with Crippen molar-refractivity contribution in [3.63, 3.8) is 0 Å². The molecule has 2 saturated carbocycles. The zero-order valence-electron chi connectivity index (χ0n) is 22.5. The number of hydrogen-bond acceptors (Lipinski definition) is 2. The predicted molar refractivity (Wildman–Crippen MR) is 142 cm³/mol. The van der Waals surface area contributed by atoms with Gasteiger partial charge in [-0.05, 0) is 63.5 Å². The molecule has 2 fully saturated rings. The third-order valence-electron chi connectivity index (χ3n) is 9.42. The average molecular weight is 485 g/mol. The molecule has 31 heavy (non-hydrogen) atoms. The highest BCUT2D eigenvalue weighted by Gasteiger charge is 2.71. The lowest BCUT2D eigenvalue weighted by Gasteiger charge is -2.71. The van der Waals surface area contributed by atoms with Gasteiger partial charge < -0.3 is 8.85 Å². The second-order valence-electron chi connectivity index (χ2n) is 13.6. The molecule has 0 aromatic rings. The minimum Gasteiger partial charge on any atom is -0.413 e. The molecule has 2 aliphatic carbocycles. The van der Waals surface area contributed by atoms with Crippen LogP contribution in [0.1, 0.15) is 74.1 Å². The molecule has 5 heteroatoms. The summed E-state index contributed by atoms with van der Waals surface area (Å²) in [7, 11) is -3.78. The highest BCUT2D eigenvalue weighted by atomic mass is 35.5. The Morgan fingerprint density at radius 3 is 2.03 bits per heavy atom. The van der Waals surface area contributed by atoms with Gasteiger partial charge in [-0.2, -0.15) is 0 Å². The molecular formula is C26H49ClO2Si2. The Morgan fingerprint density at radius 2 is 1.58 bits per heavy atom. The van der Waals surface area contributed by atoms with Gasteiger partial charge >= 0.3 is 0 Å². The fraction of sp³-hybridized carbons (Fsp3) is 0.846. The Bertz CT molecular complexity index is 731. The molecule has 0 saturated heterocycles. The molecule has 0 aromatic carbocycles. The van der Waals surface area contributed by atoms with Crippen LogP contribution in [-0.2, 0) is 8.85 Å². The second kappa shape index (κ2) is 8.11. The van der Waals surface area contributed by atoms with E-state index in [2.05, 4.69) is 93.9 Å². The van der Waals surface area contributed by atoms with E-state index in [-0.39, 0.29) is 33.0 Å². The number of hydrogen-bond donors (Lipinski definition) is 0. The van der Waals surface area contributed by atoms with Crippen LogP contribution in [0, 0.1) is 16.2 Å². The first-order valence-corrected chi connectivity index (χ1v) is 18.8. The second-order valence-corrected chi connectivity index (χ2v) is 23.0. The minimum atomic E-state index is -1.91. The molecule has 0 heterocycles. The van der Waals surface area contributed by atoms with Gasteiger partial charge in [0.25, 0.3) is 0 Å². The summed E-state index contributed by atoms with van der Waals surface area (Å²) in [5, 5.41) is 0.188. The maximum Gasteiger partial charge on any atom is 0.192 e. The zero-order chi connectivity index (χ0) is 24.3. The van der Waals surface area contributed by atoms with Crippen LogP contribution in [0.5, 0.6) is 0 Å². The van der Waals surface area contributed by atoms with Crippen LogP contribution in [0.15, 0.2) is 23.8 Å². The normalized spacial score (nSPS) is 37.2. The molecule has 2 nitrogen and oxygen atoms in total. The van der Waals surface area contributed by atoms with Crippen molar-refractivity contribution in [2.45, 2.75) is 124 Å². The highest BCUT2D eigenvalue weighted by molar-refractivity contribution is 6.74. The van der Waals surface area contributed by atoms with Gasteiger partial charge in [-0.15, -0.1) is 0 Å². The largest absolute Gasteiger partial charge is 0.413 e. The Hall–Kier alpha value is 0.124. The molecule has 0 amide bonds. The first-order chi connectivity index (χ1) is 13.7. The van der Waals surface area contributed by atoms with Crippen LogP contribution in [0.4, 0.5) is 0 Å². The van der Waals surface area contributed by atoms with E-state index in [1.165, 1.54) is 5.57 Å². The van der Waals surface area contributed by atoms with Gasteiger partial charge in [0.2, 0.25) is 0 Å². The molecule has 0 aliphatic heterocycles. The van der Waals surface area contributed by atoms with Gasteiger partial charge in [0, 0.05) is 21.8 Å². The van der Waals surface area contributed by atoms with Crippen molar-refractivity contribution in [2.24, 2.45) is 16.2 Å². The molecule has 4 atom stereocenters. The van der Waals surface area contributed by atoms with Crippen LogP contribution >= 0.6 is 11.6 Å².